The van der Waals surface area contributed by atoms with Crippen molar-refractivity contribution in [2.75, 3.05) is 6.54 Å². The summed E-state index contributed by atoms with van der Waals surface area (Å²) >= 11 is 0. The van der Waals surface area contributed by atoms with E-state index in [0.29, 0.717) is 13.0 Å². The Morgan fingerprint density at radius 3 is 2.53 bits per heavy atom. The fourth-order valence-corrected chi connectivity index (χ4v) is 1.87. The van der Waals surface area contributed by atoms with Gasteiger partial charge in [-0.05, 0) is 32.4 Å². The molecule has 0 fully saturated rings. The highest BCUT2D eigenvalue weighted by Crippen LogP contribution is 2.15. The van der Waals surface area contributed by atoms with Crippen LogP contribution in [0.1, 0.15) is 38.9 Å². The Balaban J connectivity index is 2.37. The highest BCUT2D eigenvalue weighted by atomic mass is 16.3. The average molecular weight is 261 g/mol. The van der Waals surface area contributed by atoms with E-state index in [-0.39, 0.29) is 11.8 Å². The third kappa shape index (κ3) is 5.81. The Morgan fingerprint density at radius 2 is 1.95 bits per heavy atom. The Hall–Kier alpha value is -1.45. The average Bonchev–Trinajstić information content (AvgIpc) is 2.37. The topological polar surface area (TPSA) is 49.3 Å². The first-order valence-corrected chi connectivity index (χ1v) is 6.65. The van der Waals surface area contributed by atoms with Gasteiger partial charge in [-0.15, -0.1) is 0 Å². The van der Waals surface area contributed by atoms with E-state index in [1.807, 2.05) is 51.1 Å². The Bertz CT molecular complexity index is 422. The maximum Gasteiger partial charge on any atom is 0.156 e. The van der Waals surface area contributed by atoms with Crippen LogP contribution in [0.5, 0.6) is 0 Å². The number of hydrogen-bond donors (Lipinski definition) is 2. The number of aliphatic hydroxyl groups excluding tert-OH is 1. The Labute approximate surface area is 115 Å². The number of carbonyl (C=O) groups excluding carboxylic acids is 1. The third-order valence-corrected chi connectivity index (χ3v) is 2.90. The molecule has 1 rings (SSSR count). The second kappa shape index (κ2) is 7.87. The number of rotatable bonds is 7. The van der Waals surface area contributed by atoms with Gasteiger partial charge in [-0.1, -0.05) is 35.9 Å². The molecule has 0 radical (unpaired) electrons. The van der Waals surface area contributed by atoms with Crippen LogP contribution in [-0.2, 0) is 4.79 Å². The summed E-state index contributed by atoms with van der Waals surface area (Å²) in [6.07, 6.45) is 1.55. The predicted octanol–water partition coefficient (Wildman–Crippen LogP) is 2.62. The maximum atomic E-state index is 11.5. The summed E-state index contributed by atoms with van der Waals surface area (Å²) in [5, 5.41) is 13.3. The maximum absolute atomic E-state index is 11.5. The fraction of sp³-hybridized carbons (Fsp3) is 0.438. The quantitative estimate of drug-likeness (QED) is 0.742. The minimum Gasteiger partial charge on any atom is -0.387 e. The summed E-state index contributed by atoms with van der Waals surface area (Å²) in [6, 6.07) is 9.45. The lowest BCUT2D eigenvalue weighted by atomic mass is 10.0. The lowest BCUT2D eigenvalue weighted by Crippen LogP contribution is -2.33. The predicted molar refractivity (Wildman–Crippen MR) is 77.9 cm³/mol. The zero-order chi connectivity index (χ0) is 14.3. The molecule has 0 heterocycles. The van der Waals surface area contributed by atoms with Crippen molar-refractivity contribution < 1.29 is 9.90 Å². The lowest BCUT2D eigenvalue weighted by molar-refractivity contribution is -0.114. The minimum atomic E-state index is -0.556. The van der Waals surface area contributed by atoms with E-state index in [4.69, 9.17) is 0 Å². The summed E-state index contributed by atoms with van der Waals surface area (Å²) in [7, 11) is 0. The number of allylic oxidation sites excluding steroid dienone is 2. The molecule has 0 saturated carbocycles. The molecule has 19 heavy (non-hydrogen) atoms. The SMILES string of the molecule is CC(C)=CC(=O)CCNC(C)C(O)c1ccccc1. The summed E-state index contributed by atoms with van der Waals surface area (Å²) in [4.78, 5) is 11.5. The third-order valence-electron chi connectivity index (χ3n) is 2.90. The molecule has 1 aromatic rings. The van der Waals surface area contributed by atoms with E-state index in [9.17, 15) is 9.90 Å². The second-order valence-electron chi connectivity index (χ2n) is 5.04. The van der Waals surface area contributed by atoms with E-state index >= 15 is 0 Å². The second-order valence-corrected chi connectivity index (χ2v) is 5.04. The molecule has 0 spiro atoms. The fourth-order valence-electron chi connectivity index (χ4n) is 1.87. The van der Waals surface area contributed by atoms with Gasteiger partial charge in [0.2, 0.25) is 0 Å². The van der Waals surface area contributed by atoms with Gasteiger partial charge >= 0.3 is 0 Å². The van der Waals surface area contributed by atoms with Gasteiger partial charge in [0.15, 0.2) is 5.78 Å². The molecule has 0 amide bonds. The van der Waals surface area contributed by atoms with Crippen molar-refractivity contribution in [1.82, 2.24) is 5.32 Å². The van der Waals surface area contributed by atoms with Crippen LogP contribution in [0.4, 0.5) is 0 Å². The van der Waals surface area contributed by atoms with E-state index < -0.39 is 6.10 Å². The van der Waals surface area contributed by atoms with Gasteiger partial charge in [-0.2, -0.15) is 0 Å². The Kier molecular flexibility index (Phi) is 6.46. The van der Waals surface area contributed by atoms with Gasteiger partial charge in [-0.3, -0.25) is 4.79 Å². The molecule has 0 aromatic heterocycles. The Morgan fingerprint density at radius 1 is 1.32 bits per heavy atom. The molecule has 0 bridgehead atoms. The normalized spacial score (nSPS) is 13.7. The standard InChI is InChI=1S/C16H23NO2/c1-12(2)11-15(18)9-10-17-13(3)16(19)14-7-5-4-6-8-14/h4-8,11,13,16-17,19H,9-10H2,1-3H3. The van der Waals surface area contributed by atoms with Crippen LogP contribution < -0.4 is 5.32 Å². The van der Waals surface area contributed by atoms with Crippen molar-refractivity contribution >= 4 is 5.78 Å². The van der Waals surface area contributed by atoms with Crippen molar-refractivity contribution in [3.8, 4) is 0 Å². The summed E-state index contributed by atoms with van der Waals surface area (Å²) in [6.45, 7) is 6.32. The molecule has 3 nitrogen and oxygen atoms in total. The molecule has 2 atom stereocenters. The molecular weight excluding hydrogens is 238 g/mol. The lowest BCUT2D eigenvalue weighted by Gasteiger charge is -2.20. The number of carbonyl (C=O) groups is 1. The highest BCUT2D eigenvalue weighted by molar-refractivity contribution is 5.90. The molecule has 2 N–H and O–H groups in total. The van der Waals surface area contributed by atoms with Crippen LogP contribution in [0.25, 0.3) is 0 Å². The molecule has 104 valence electrons. The number of nitrogens with one attached hydrogen (secondary N) is 1. The number of ketones is 1. The van der Waals surface area contributed by atoms with Gasteiger partial charge in [0.05, 0.1) is 6.10 Å². The van der Waals surface area contributed by atoms with E-state index in [1.165, 1.54) is 0 Å². The van der Waals surface area contributed by atoms with Crippen LogP contribution in [0.2, 0.25) is 0 Å². The molecule has 0 aliphatic heterocycles. The zero-order valence-electron chi connectivity index (χ0n) is 11.9. The summed E-state index contributed by atoms with van der Waals surface area (Å²) in [5.41, 5.74) is 1.90. The molecule has 0 saturated heterocycles. The van der Waals surface area contributed by atoms with E-state index in [0.717, 1.165) is 11.1 Å². The van der Waals surface area contributed by atoms with Crippen LogP contribution in [0, 0.1) is 0 Å². The van der Waals surface area contributed by atoms with Gasteiger partial charge in [0.25, 0.3) is 0 Å². The van der Waals surface area contributed by atoms with Crippen molar-refractivity contribution in [2.45, 2.75) is 39.3 Å². The monoisotopic (exact) mass is 261 g/mol. The van der Waals surface area contributed by atoms with E-state index in [1.54, 1.807) is 6.08 Å². The highest BCUT2D eigenvalue weighted by Gasteiger charge is 2.15. The van der Waals surface area contributed by atoms with Crippen LogP contribution in [0.15, 0.2) is 42.0 Å². The first-order valence-electron chi connectivity index (χ1n) is 6.65. The van der Waals surface area contributed by atoms with E-state index in [2.05, 4.69) is 5.32 Å². The molecule has 1 aromatic carbocycles. The number of benzene rings is 1. The first kappa shape index (κ1) is 15.6. The van der Waals surface area contributed by atoms with Gasteiger partial charge in [-0.25, -0.2) is 0 Å². The van der Waals surface area contributed by atoms with Crippen molar-refractivity contribution in [3.05, 3.63) is 47.5 Å². The van der Waals surface area contributed by atoms with Crippen molar-refractivity contribution in [1.29, 1.82) is 0 Å². The van der Waals surface area contributed by atoms with Gasteiger partial charge in [0.1, 0.15) is 0 Å². The molecule has 0 aliphatic rings. The summed E-state index contributed by atoms with van der Waals surface area (Å²) in [5.74, 6) is 0.119. The zero-order valence-corrected chi connectivity index (χ0v) is 11.9. The summed E-state index contributed by atoms with van der Waals surface area (Å²) < 4.78 is 0. The minimum absolute atomic E-state index is 0.0816. The van der Waals surface area contributed by atoms with Crippen LogP contribution in [0.3, 0.4) is 0 Å². The van der Waals surface area contributed by atoms with Crippen LogP contribution in [-0.4, -0.2) is 23.5 Å². The van der Waals surface area contributed by atoms with Crippen molar-refractivity contribution in [3.63, 3.8) is 0 Å². The van der Waals surface area contributed by atoms with Crippen molar-refractivity contribution in [2.24, 2.45) is 0 Å². The molecule has 2 unspecified atom stereocenters. The van der Waals surface area contributed by atoms with Gasteiger partial charge < -0.3 is 10.4 Å². The first-order chi connectivity index (χ1) is 9.00. The number of hydrogen-bond acceptors (Lipinski definition) is 3. The van der Waals surface area contributed by atoms with Gasteiger partial charge in [0, 0.05) is 19.0 Å². The number of aliphatic hydroxyl groups is 1. The smallest absolute Gasteiger partial charge is 0.156 e. The molecule has 3 heteroatoms. The molecule has 0 aliphatic carbocycles. The largest absolute Gasteiger partial charge is 0.387 e. The molecular formula is C16H23NO2. The van der Waals surface area contributed by atoms with Crippen LogP contribution >= 0.6 is 0 Å².